The van der Waals surface area contributed by atoms with Gasteiger partial charge in [-0.25, -0.2) is 4.39 Å². The molecular weight excluding hydrogens is 289 g/mol. The Morgan fingerprint density at radius 2 is 1.95 bits per heavy atom. The normalized spacial score (nSPS) is 20.4. The van der Waals surface area contributed by atoms with E-state index >= 15 is 0 Å². The van der Waals surface area contributed by atoms with Gasteiger partial charge < -0.3 is 19.1 Å². The number of carbonyl (C=O) groups is 1. The van der Waals surface area contributed by atoms with Crippen LogP contribution in [0.4, 0.5) is 4.39 Å². The Balaban J connectivity index is 1.62. The molecule has 2 saturated heterocycles. The molecule has 1 aromatic carbocycles. The van der Waals surface area contributed by atoms with E-state index in [2.05, 4.69) is 0 Å². The van der Waals surface area contributed by atoms with Crippen LogP contribution in [0, 0.1) is 11.7 Å². The molecule has 2 heterocycles. The van der Waals surface area contributed by atoms with Gasteiger partial charge in [-0.3, -0.25) is 4.79 Å². The van der Waals surface area contributed by atoms with Crippen molar-refractivity contribution in [3.8, 4) is 5.75 Å². The molecule has 0 N–H and O–H groups in total. The van der Waals surface area contributed by atoms with Gasteiger partial charge in [-0.15, -0.1) is 0 Å². The number of benzene rings is 1. The van der Waals surface area contributed by atoms with Crippen molar-refractivity contribution in [1.82, 2.24) is 4.90 Å². The maximum absolute atomic E-state index is 14.0. The lowest BCUT2D eigenvalue weighted by atomic mass is 9.95. The minimum atomic E-state index is -0.547. The molecule has 0 radical (unpaired) electrons. The number of hydrogen-bond acceptors (Lipinski definition) is 4. The number of ether oxygens (including phenoxy) is 3. The maximum Gasteiger partial charge on any atom is 0.256 e. The summed E-state index contributed by atoms with van der Waals surface area (Å²) in [6, 6.07) is 4.31. The Labute approximate surface area is 128 Å². The quantitative estimate of drug-likeness (QED) is 0.857. The summed E-state index contributed by atoms with van der Waals surface area (Å²) in [6.45, 7) is 2.47. The predicted molar refractivity (Wildman–Crippen MR) is 77.3 cm³/mol. The molecular formula is C16H20FNO4. The van der Waals surface area contributed by atoms with Crippen molar-refractivity contribution >= 4 is 5.91 Å². The molecule has 0 spiro atoms. The lowest BCUT2D eigenvalue weighted by Crippen LogP contribution is -2.41. The van der Waals surface area contributed by atoms with E-state index in [1.165, 1.54) is 19.2 Å². The standard InChI is InChI=1S/C16H20FNO4/c1-20-12-2-3-13(14(17)10-12)15(19)18-6-4-11(5-7-18)16-21-8-9-22-16/h2-3,10-11,16H,4-9H2,1H3. The van der Waals surface area contributed by atoms with Crippen molar-refractivity contribution in [2.75, 3.05) is 33.4 Å². The molecule has 2 aliphatic heterocycles. The van der Waals surface area contributed by atoms with Crippen LogP contribution in [-0.4, -0.2) is 50.5 Å². The summed E-state index contributed by atoms with van der Waals surface area (Å²) in [7, 11) is 1.47. The average Bonchev–Trinajstić information content (AvgIpc) is 3.08. The number of hydrogen-bond donors (Lipinski definition) is 0. The zero-order chi connectivity index (χ0) is 15.5. The highest BCUT2D eigenvalue weighted by molar-refractivity contribution is 5.94. The molecule has 2 fully saturated rings. The first-order chi connectivity index (χ1) is 10.7. The van der Waals surface area contributed by atoms with E-state index < -0.39 is 5.82 Å². The van der Waals surface area contributed by atoms with Crippen LogP contribution in [0.5, 0.6) is 5.75 Å². The number of likely N-dealkylation sites (tertiary alicyclic amines) is 1. The monoisotopic (exact) mass is 309 g/mol. The number of rotatable bonds is 3. The van der Waals surface area contributed by atoms with Crippen molar-refractivity contribution in [2.45, 2.75) is 19.1 Å². The molecule has 0 aromatic heterocycles. The molecule has 0 aliphatic carbocycles. The Morgan fingerprint density at radius 3 is 2.55 bits per heavy atom. The SMILES string of the molecule is COc1ccc(C(=O)N2CCC(C3OCCO3)CC2)c(F)c1. The topological polar surface area (TPSA) is 48.0 Å². The average molecular weight is 309 g/mol. The molecule has 2 aliphatic rings. The third kappa shape index (κ3) is 3.08. The third-order valence-corrected chi connectivity index (χ3v) is 4.27. The number of carbonyl (C=O) groups excluding carboxylic acids is 1. The van der Waals surface area contributed by atoms with Crippen LogP contribution in [0.2, 0.25) is 0 Å². The van der Waals surface area contributed by atoms with Crippen LogP contribution >= 0.6 is 0 Å². The molecule has 120 valence electrons. The van der Waals surface area contributed by atoms with Crippen LogP contribution in [0.15, 0.2) is 18.2 Å². The van der Waals surface area contributed by atoms with Gasteiger partial charge in [0.05, 0.1) is 25.9 Å². The Hall–Kier alpha value is -1.66. The van der Waals surface area contributed by atoms with Gasteiger partial charge >= 0.3 is 0 Å². The molecule has 3 rings (SSSR count). The van der Waals surface area contributed by atoms with E-state index in [1.807, 2.05) is 0 Å². The second-order valence-corrected chi connectivity index (χ2v) is 5.59. The summed E-state index contributed by atoms with van der Waals surface area (Å²) in [6.07, 6.45) is 1.48. The lowest BCUT2D eigenvalue weighted by molar-refractivity contribution is -0.0956. The summed E-state index contributed by atoms with van der Waals surface area (Å²) in [5, 5.41) is 0. The summed E-state index contributed by atoms with van der Waals surface area (Å²) in [5.41, 5.74) is 0.0904. The maximum atomic E-state index is 14.0. The van der Waals surface area contributed by atoms with Gasteiger partial charge in [0, 0.05) is 25.1 Å². The van der Waals surface area contributed by atoms with E-state index in [4.69, 9.17) is 14.2 Å². The van der Waals surface area contributed by atoms with Crippen LogP contribution in [-0.2, 0) is 9.47 Å². The van der Waals surface area contributed by atoms with Gasteiger partial charge in [-0.2, -0.15) is 0 Å². The van der Waals surface area contributed by atoms with Gasteiger partial charge in [0.2, 0.25) is 0 Å². The van der Waals surface area contributed by atoms with E-state index in [1.54, 1.807) is 11.0 Å². The molecule has 6 heteroatoms. The molecule has 1 amide bonds. The van der Waals surface area contributed by atoms with Crippen molar-refractivity contribution in [1.29, 1.82) is 0 Å². The van der Waals surface area contributed by atoms with Crippen LogP contribution < -0.4 is 4.74 Å². The van der Waals surface area contributed by atoms with Gasteiger partial charge in [-0.1, -0.05) is 0 Å². The van der Waals surface area contributed by atoms with E-state index in [0.717, 1.165) is 12.8 Å². The lowest BCUT2D eigenvalue weighted by Gasteiger charge is -2.34. The minimum Gasteiger partial charge on any atom is -0.497 e. The highest BCUT2D eigenvalue weighted by atomic mass is 19.1. The van der Waals surface area contributed by atoms with E-state index in [0.29, 0.717) is 38.0 Å². The summed E-state index contributed by atoms with van der Waals surface area (Å²) in [5.74, 6) is -0.101. The molecule has 22 heavy (non-hydrogen) atoms. The van der Waals surface area contributed by atoms with Crippen molar-refractivity contribution in [2.24, 2.45) is 5.92 Å². The fraction of sp³-hybridized carbons (Fsp3) is 0.562. The largest absolute Gasteiger partial charge is 0.497 e. The van der Waals surface area contributed by atoms with Crippen molar-refractivity contribution in [3.63, 3.8) is 0 Å². The zero-order valence-electron chi connectivity index (χ0n) is 12.6. The smallest absolute Gasteiger partial charge is 0.256 e. The number of amides is 1. The third-order valence-electron chi connectivity index (χ3n) is 4.27. The summed E-state index contributed by atoms with van der Waals surface area (Å²) in [4.78, 5) is 14.1. The molecule has 0 bridgehead atoms. The summed E-state index contributed by atoms with van der Waals surface area (Å²) < 4.78 is 30.0. The van der Waals surface area contributed by atoms with Gasteiger partial charge in [0.15, 0.2) is 6.29 Å². The number of piperidine rings is 1. The Kier molecular flexibility index (Phi) is 4.59. The second kappa shape index (κ2) is 6.62. The molecule has 0 saturated carbocycles. The number of methoxy groups -OCH3 is 1. The Morgan fingerprint density at radius 1 is 1.27 bits per heavy atom. The second-order valence-electron chi connectivity index (χ2n) is 5.59. The van der Waals surface area contributed by atoms with Crippen molar-refractivity contribution < 1.29 is 23.4 Å². The number of halogens is 1. The van der Waals surface area contributed by atoms with Crippen LogP contribution in [0.1, 0.15) is 23.2 Å². The molecule has 0 atom stereocenters. The van der Waals surface area contributed by atoms with Crippen LogP contribution in [0.3, 0.4) is 0 Å². The first-order valence-electron chi connectivity index (χ1n) is 7.55. The zero-order valence-corrected chi connectivity index (χ0v) is 12.6. The van der Waals surface area contributed by atoms with Crippen molar-refractivity contribution in [3.05, 3.63) is 29.6 Å². The highest BCUT2D eigenvalue weighted by Crippen LogP contribution is 2.27. The fourth-order valence-electron chi connectivity index (χ4n) is 2.99. The first-order valence-corrected chi connectivity index (χ1v) is 7.55. The molecule has 1 aromatic rings. The Bertz CT molecular complexity index is 537. The predicted octanol–water partition coefficient (Wildman–Crippen LogP) is 2.06. The van der Waals surface area contributed by atoms with Gasteiger partial charge in [0.25, 0.3) is 5.91 Å². The minimum absolute atomic E-state index is 0.0904. The van der Waals surface area contributed by atoms with Crippen LogP contribution in [0.25, 0.3) is 0 Å². The van der Waals surface area contributed by atoms with E-state index in [-0.39, 0.29) is 17.8 Å². The highest BCUT2D eigenvalue weighted by Gasteiger charge is 2.32. The van der Waals surface area contributed by atoms with E-state index in [9.17, 15) is 9.18 Å². The molecule has 0 unspecified atom stereocenters. The van der Waals surface area contributed by atoms with Gasteiger partial charge in [0.1, 0.15) is 11.6 Å². The number of nitrogens with zero attached hydrogens (tertiary/aromatic N) is 1. The fourth-order valence-corrected chi connectivity index (χ4v) is 2.99. The van der Waals surface area contributed by atoms with Gasteiger partial charge in [-0.05, 0) is 25.0 Å². The first kappa shape index (κ1) is 15.2. The molecule has 5 nitrogen and oxygen atoms in total. The summed E-state index contributed by atoms with van der Waals surface area (Å²) >= 11 is 0.